The summed E-state index contributed by atoms with van der Waals surface area (Å²) in [5.74, 6) is 0.0583. The summed E-state index contributed by atoms with van der Waals surface area (Å²) in [5, 5.41) is 5.40. The quantitative estimate of drug-likeness (QED) is 0.680. The minimum Gasteiger partial charge on any atom is -0.373 e. The van der Waals surface area contributed by atoms with E-state index in [1.165, 1.54) is 46.2 Å². The summed E-state index contributed by atoms with van der Waals surface area (Å²) in [6.07, 6.45) is 1.06. The first-order chi connectivity index (χ1) is 13.8. The number of carbonyl (C=O) groups is 1. The lowest BCUT2D eigenvalue weighted by Gasteiger charge is -2.34. The number of hydrogen-bond acceptors (Lipinski definition) is 7. The van der Waals surface area contributed by atoms with Gasteiger partial charge in [0.25, 0.3) is 5.91 Å². The van der Waals surface area contributed by atoms with E-state index in [1.54, 1.807) is 0 Å². The first-order valence-corrected chi connectivity index (χ1v) is 11.4. The molecular formula is C19H20N4O4S2. The Hall–Kier alpha value is -2.40. The van der Waals surface area contributed by atoms with Crippen molar-refractivity contribution in [2.75, 3.05) is 18.4 Å². The van der Waals surface area contributed by atoms with Gasteiger partial charge in [-0.2, -0.15) is 4.31 Å². The van der Waals surface area contributed by atoms with Crippen LogP contribution in [0, 0.1) is 0 Å². The molecule has 3 heterocycles. The van der Waals surface area contributed by atoms with Gasteiger partial charge in [0.1, 0.15) is 17.0 Å². The van der Waals surface area contributed by atoms with Crippen molar-refractivity contribution in [2.24, 2.45) is 0 Å². The highest BCUT2D eigenvalue weighted by Gasteiger charge is 2.32. The number of rotatable bonds is 4. The molecule has 1 aliphatic rings. The molecule has 152 valence electrons. The fourth-order valence-electron chi connectivity index (χ4n) is 3.32. The summed E-state index contributed by atoms with van der Waals surface area (Å²) in [6.45, 7) is 4.31. The van der Waals surface area contributed by atoms with Crippen LogP contribution in [0.4, 0.5) is 5.82 Å². The van der Waals surface area contributed by atoms with Crippen molar-refractivity contribution in [3.05, 3.63) is 47.6 Å². The predicted octanol–water partition coefficient (Wildman–Crippen LogP) is 2.74. The SMILES string of the molecule is CC1CN(S(=O)(=O)c2ccc(C(=O)Nc3ncnc4sccc34)cc2)CC(C)O1. The maximum Gasteiger partial charge on any atom is 0.256 e. The second kappa shape index (κ2) is 7.79. The number of morpholine rings is 1. The van der Waals surface area contributed by atoms with E-state index in [0.29, 0.717) is 24.5 Å². The van der Waals surface area contributed by atoms with Crippen molar-refractivity contribution in [3.63, 3.8) is 0 Å². The number of nitrogens with zero attached hydrogens (tertiary/aromatic N) is 3. The molecule has 2 unspecified atom stereocenters. The maximum atomic E-state index is 12.9. The fourth-order valence-corrected chi connectivity index (χ4v) is 5.65. The van der Waals surface area contributed by atoms with Crippen LogP contribution in [0.25, 0.3) is 10.2 Å². The maximum absolute atomic E-state index is 12.9. The molecule has 0 aliphatic carbocycles. The predicted molar refractivity (Wildman–Crippen MR) is 111 cm³/mol. The largest absolute Gasteiger partial charge is 0.373 e. The molecule has 10 heteroatoms. The van der Waals surface area contributed by atoms with Gasteiger partial charge in [0.2, 0.25) is 10.0 Å². The highest BCUT2D eigenvalue weighted by atomic mass is 32.2. The number of fused-ring (bicyclic) bond motifs is 1. The first-order valence-electron chi connectivity index (χ1n) is 9.10. The Bertz CT molecular complexity index is 1130. The van der Waals surface area contributed by atoms with E-state index in [-0.39, 0.29) is 23.0 Å². The van der Waals surface area contributed by atoms with Gasteiger partial charge >= 0.3 is 0 Å². The number of hydrogen-bond donors (Lipinski definition) is 1. The van der Waals surface area contributed by atoms with E-state index < -0.39 is 10.0 Å². The summed E-state index contributed by atoms with van der Waals surface area (Å²) in [6, 6.07) is 7.75. The summed E-state index contributed by atoms with van der Waals surface area (Å²) >= 11 is 1.46. The second-order valence-corrected chi connectivity index (χ2v) is 9.75. The van der Waals surface area contributed by atoms with E-state index in [1.807, 2.05) is 25.3 Å². The van der Waals surface area contributed by atoms with Gasteiger partial charge in [-0.1, -0.05) is 0 Å². The Morgan fingerprint density at radius 1 is 1.14 bits per heavy atom. The molecule has 0 bridgehead atoms. The fraction of sp³-hybridized carbons (Fsp3) is 0.316. The van der Waals surface area contributed by atoms with Crippen molar-refractivity contribution >= 4 is 43.3 Å². The molecule has 0 saturated carbocycles. The van der Waals surface area contributed by atoms with Gasteiger partial charge in [-0.3, -0.25) is 4.79 Å². The molecule has 2 atom stereocenters. The van der Waals surface area contributed by atoms with Crippen LogP contribution in [-0.2, 0) is 14.8 Å². The lowest BCUT2D eigenvalue weighted by atomic mass is 10.2. The Kier molecular flexibility index (Phi) is 5.34. The highest BCUT2D eigenvalue weighted by molar-refractivity contribution is 7.89. The van der Waals surface area contributed by atoms with Crippen LogP contribution in [0.15, 0.2) is 46.9 Å². The number of anilines is 1. The molecule has 1 N–H and O–H groups in total. The second-order valence-electron chi connectivity index (χ2n) is 6.92. The minimum atomic E-state index is -3.65. The zero-order chi connectivity index (χ0) is 20.6. The van der Waals surface area contributed by atoms with Crippen molar-refractivity contribution in [1.82, 2.24) is 14.3 Å². The van der Waals surface area contributed by atoms with Gasteiger partial charge in [0.05, 0.1) is 22.5 Å². The average Bonchev–Trinajstić information content (AvgIpc) is 3.17. The van der Waals surface area contributed by atoms with Crippen LogP contribution in [-0.4, -0.2) is 53.9 Å². The molecule has 29 heavy (non-hydrogen) atoms. The normalized spacial score (nSPS) is 20.6. The van der Waals surface area contributed by atoms with E-state index in [4.69, 9.17) is 4.74 Å². The number of benzene rings is 1. The lowest BCUT2D eigenvalue weighted by Crippen LogP contribution is -2.48. The number of ether oxygens (including phenoxy) is 1. The van der Waals surface area contributed by atoms with E-state index in [0.717, 1.165) is 10.2 Å². The van der Waals surface area contributed by atoms with Crippen LogP contribution < -0.4 is 5.32 Å². The zero-order valence-corrected chi connectivity index (χ0v) is 17.5. The van der Waals surface area contributed by atoms with E-state index >= 15 is 0 Å². The van der Waals surface area contributed by atoms with Crippen molar-refractivity contribution in [1.29, 1.82) is 0 Å². The Labute approximate surface area is 172 Å². The Morgan fingerprint density at radius 3 is 2.52 bits per heavy atom. The third kappa shape index (κ3) is 4.01. The molecular weight excluding hydrogens is 412 g/mol. The van der Waals surface area contributed by atoms with Crippen molar-refractivity contribution < 1.29 is 17.9 Å². The van der Waals surface area contributed by atoms with E-state index in [2.05, 4.69) is 15.3 Å². The van der Waals surface area contributed by atoms with Gasteiger partial charge in [-0.05, 0) is 49.6 Å². The molecule has 3 aromatic rings. The van der Waals surface area contributed by atoms with E-state index in [9.17, 15) is 13.2 Å². The molecule has 1 fully saturated rings. The Balaban J connectivity index is 1.53. The van der Waals surface area contributed by atoms with Crippen molar-refractivity contribution in [2.45, 2.75) is 31.0 Å². The Morgan fingerprint density at radius 2 is 1.83 bits per heavy atom. The summed E-state index contributed by atoms with van der Waals surface area (Å²) in [7, 11) is -3.65. The highest BCUT2D eigenvalue weighted by Crippen LogP contribution is 2.25. The zero-order valence-electron chi connectivity index (χ0n) is 15.9. The molecule has 1 amide bonds. The average molecular weight is 433 g/mol. The van der Waals surface area contributed by atoms with Crippen LogP contribution in [0.5, 0.6) is 0 Å². The molecule has 1 saturated heterocycles. The molecule has 4 rings (SSSR count). The van der Waals surface area contributed by atoms with Crippen LogP contribution in [0.2, 0.25) is 0 Å². The molecule has 8 nitrogen and oxygen atoms in total. The summed E-state index contributed by atoms with van der Waals surface area (Å²) in [4.78, 5) is 21.8. The van der Waals surface area contributed by atoms with Crippen LogP contribution >= 0.6 is 11.3 Å². The summed E-state index contributed by atoms with van der Waals surface area (Å²) in [5.41, 5.74) is 0.342. The lowest BCUT2D eigenvalue weighted by molar-refractivity contribution is -0.0440. The minimum absolute atomic E-state index is 0.151. The van der Waals surface area contributed by atoms with Gasteiger partial charge in [-0.25, -0.2) is 18.4 Å². The number of amides is 1. The number of sulfonamides is 1. The number of aromatic nitrogens is 2. The topological polar surface area (TPSA) is 101 Å². The third-order valence-electron chi connectivity index (χ3n) is 4.63. The van der Waals surface area contributed by atoms with Crippen molar-refractivity contribution in [3.8, 4) is 0 Å². The monoisotopic (exact) mass is 432 g/mol. The van der Waals surface area contributed by atoms with Gasteiger partial charge < -0.3 is 10.1 Å². The van der Waals surface area contributed by atoms with Gasteiger partial charge in [-0.15, -0.1) is 11.3 Å². The molecule has 1 aromatic carbocycles. The van der Waals surface area contributed by atoms with Gasteiger partial charge in [0, 0.05) is 18.7 Å². The molecule has 1 aliphatic heterocycles. The van der Waals surface area contributed by atoms with Crippen LogP contribution in [0.1, 0.15) is 24.2 Å². The standard InChI is InChI=1S/C19H20N4O4S2/c1-12-9-23(10-13(2)27-12)29(25,26)15-5-3-14(4-6-15)18(24)22-17-16-7-8-28-19(16)21-11-20-17/h3-8,11-13H,9-10H2,1-2H3,(H,20,21,22,24). The molecule has 0 radical (unpaired) electrons. The summed E-state index contributed by atoms with van der Waals surface area (Å²) < 4.78 is 32.9. The van der Waals surface area contributed by atoms with Gasteiger partial charge in [0.15, 0.2) is 0 Å². The first kappa shape index (κ1) is 19.9. The number of thiophene rings is 1. The molecule has 0 spiro atoms. The molecule has 2 aromatic heterocycles. The smallest absolute Gasteiger partial charge is 0.256 e. The number of carbonyl (C=O) groups excluding carboxylic acids is 1. The van der Waals surface area contributed by atoms with Crippen LogP contribution in [0.3, 0.4) is 0 Å². The number of nitrogens with one attached hydrogen (secondary N) is 1. The third-order valence-corrected chi connectivity index (χ3v) is 7.30.